The van der Waals surface area contributed by atoms with Crippen LogP contribution in [0.3, 0.4) is 0 Å². The average Bonchev–Trinajstić information content (AvgIpc) is 2.86. The molecule has 5 heteroatoms. The number of likely N-dealkylation sites (tertiary alicyclic amines) is 1. The zero-order chi connectivity index (χ0) is 17.1. The van der Waals surface area contributed by atoms with Crippen LogP contribution >= 0.6 is 0 Å². The molecule has 1 N–H and O–H groups in total. The number of ether oxygens (including phenoxy) is 1. The Morgan fingerprint density at radius 2 is 2.25 bits per heavy atom. The fraction of sp³-hybridized carbons (Fsp3) is 0.579. The van der Waals surface area contributed by atoms with Gasteiger partial charge in [-0.2, -0.15) is 0 Å². The van der Waals surface area contributed by atoms with Crippen molar-refractivity contribution in [3.63, 3.8) is 0 Å². The zero-order valence-electron chi connectivity index (χ0n) is 14.5. The Morgan fingerprint density at radius 1 is 1.42 bits per heavy atom. The van der Waals surface area contributed by atoms with Gasteiger partial charge in [-0.05, 0) is 49.8 Å². The van der Waals surface area contributed by atoms with Crippen molar-refractivity contribution in [1.29, 1.82) is 0 Å². The third-order valence-electron chi connectivity index (χ3n) is 4.99. The van der Waals surface area contributed by atoms with Gasteiger partial charge in [0.1, 0.15) is 5.75 Å². The lowest BCUT2D eigenvalue weighted by atomic mass is 9.99. The van der Waals surface area contributed by atoms with Crippen LogP contribution in [0, 0.1) is 12.8 Å². The largest absolute Gasteiger partial charge is 0.481 e. The zero-order valence-corrected chi connectivity index (χ0v) is 14.5. The fourth-order valence-corrected chi connectivity index (χ4v) is 3.68. The normalized spacial score (nSPS) is 24.8. The quantitative estimate of drug-likeness (QED) is 0.921. The molecule has 130 valence electrons. The first-order valence-electron chi connectivity index (χ1n) is 8.88. The summed E-state index contributed by atoms with van der Waals surface area (Å²) >= 11 is 0. The van der Waals surface area contributed by atoms with Gasteiger partial charge in [-0.1, -0.05) is 19.1 Å². The Bertz CT molecular complexity index is 616. The second-order valence-corrected chi connectivity index (χ2v) is 6.90. The lowest BCUT2D eigenvalue weighted by Gasteiger charge is -2.24. The predicted molar refractivity (Wildman–Crippen MR) is 91.7 cm³/mol. The van der Waals surface area contributed by atoms with Crippen LogP contribution in [0.2, 0.25) is 0 Å². The van der Waals surface area contributed by atoms with Crippen molar-refractivity contribution >= 4 is 11.8 Å². The van der Waals surface area contributed by atoms with E-state index in [0.717, 1.165) is 30.7 Å². The standard InChI is InChI=1S/C19H26N2O3/c1-3-17(24-15-8-4-6-13(2)10-15)19(23)21-11-14-7-5-9-18(22)20-16(14)12-21/h4,6,8,10,14,16-17H,3,5,7,9,11-12H2,1-2H3,(H,20,22). The second-order valence-electron chi connectivity index (χ2n) is 6.90. The Labute approximate surface area is 143 Å². The summed E-state index contributed by atoms with van der Waals surface area (Å²) < 4.78 is 5.94. The van der Waals surface area contributed by atoms with Crippen LogP contribution in [0.25, 0.3) is 0 Å². The first-order chi connectivity index (χ1) is 11.6. The number of benzene rings is 1. The number of carbonyl (C=O) groups excluding carboxylic acids is 2. The summed E-state index contributed by atoms with van der Waals surface area (Å²) in [5.41, 5.74) is 1.11. The van der Waals surface area contributed by atoms with E-state index in [0.29, 0.717) is 25.3 Å². The van der Waals surface area contributed by atoms with Crippen LogP contribution in [0.15, 0.2) is 24.3 Å². The highest BCUT2D eigenvalue weighted by molar-refractivity contribution is 5.82. The second kappa shape index (κ2) is 7.24. The van der Waals surface area contributed by atoms with Crippen LogP contribution in [0.5, 0.6) is 5.75 Å². The maximum Gasteiger partial charge on any atom is 0.263 e. The van der Waals surface area contributed by atoms with Crippen molar-refractivity contribution in [1.82, 2.24) is 10.2 Å². The van der Waals surface area contributed by atoms with Crippen LogP contribution in [0.4, 0.5) is 0 Å². The molecule has 2 aliphatic rings. The number of amides is 2. The van der Waals surface area contributed by atoms with E-state index < -0.39 is 6.10 Å². The van der Waals surface area contributed by atoms with Gasteiger partial charge >= 0.3 is 0 Å². The van der Waals surface area contributed by atoms with E-state index in [1.807, 2.05) is 43.0 Å². The lowest BCUT2D eigenvalue weighted by Crippen LogP contribution is -2.43. The smallest absolute Gasteiger partial charge is 0.263 e. The summed E-state index contributed by atoms with van der Waals surface area (Å²) in [6.45, 7) is 5.29. The molecule has 2 amide bonds. The number of nitrogens with zero attached hydrogens (tertiary/aromatic N) is 1. The molecule has 2 fully saturated rings. The summed E-state index contributed by atoms with van der Waals surface area (Å²) in [5.74, 6) is 1.25. The molecule has 0 radical (unpaired) electrons. The molecule has 1 aromatic carbocycles. The summed E-state index contributed by atoms with van der Waals surface area (Å²) in [7, 11) is 0. The van der Waals surface area contributed by atoms with Gasteiger partial charge in [0, 0.05) is 19.5 Å². The SMILES string of the molecule is CCC(Oc1cccc(C)c1)C(=O)N1CC2CCCC(=O)NC2C1. The molecule has 3 atom stereocenters. The van der Waals surface area contributed by atoms with Gasteiger partial charge in [-0.25, -0.2) is 0 Å². The van der Waals surface area contributed by atoms with Crippen molar-refractivity contribution in [2.45, 2.75) is 51.7 Å². The molecule has 0 aliphatic carbocycles. The molecule has 24 heavy (non-hydrogen) atoms. The molecule has 2 saturated heterocycles. The molecule has 0 spiro atoms. The van der Waals surface area contributed by atoms with E-state index in [1.54, 1.807) is 0 Å². The monoisotopic (exact) mass is 330 g/mol. The molecule has 3 rings (SSSR count). The van der Waals surface area contributed by atoms with Crippen molar-refractivity contribution in [3.05, 3.63) is 29.8 Å². The summed E-state index contributed by atoms with van der Waals surface area (Å²) in [4.78, 5) is 26.5. The van der Waals surface area contributed by atoms with E-state index in [2.05, 4.69) is 5.32 Å². The van der Waals surface area contributed by atoms with Gasteiger partial charge in [0.05, 0.1) is 6.04 Å². The topological polar surface area (TPSA) is 58.6 Å². The molecule has 1 aromatic rings. The van der Waals surface area contributed by atoms with Crippen LogP contribution in [-0.2, 0) is 9.59 Å². The highest BCUT2D eigenvalue weighted by Crippen LogP contribution is 2.26. The maximum absolute atomic E-state index is 12.9. The van der Waals surface area contributed by atoms with Crippen LogP contribution in [-0.4, -0.2) is 41.9 Å². The van der Waals surface area contributed by atoms with Crippen molar-refractivity contribution in [3.8, 4) is 5.75 Å². The van der Waals surface area contributed by atoms with Crippen LogP contribution in [0.1, 0.15) is 38.2 Å². The minimum Gasteiger partial charge on any atom is -0.481 e. The van der Waals surface area contributed by atoms with Gasteiger partial charge in [0.2, 0.25) is 5.91 Å². The Balaban J connectivity index is 1.65. The molecular weight excluding hydrogens is 304 g/mol. The first kappa shape index (κ1) is 16.8. The minimum absolute atomic E-state index is 0.0290. The van der Waals surface area contributed by atoms with E-state index in [1.165, 1.54) is 0 Å². The highest BCUT2D eigenvalue weighted by Gasteiger charge is 2.39. The Kier molecular flexibility index (Phi) is 5.07. The number of hydrogen-bond donors (Lipinski definition) is 1. The number of aryl methyl sites for hydroxylation is 1. The molecule has 5 nitrogen and oxygen atoms in total. The third kappa shape index (κ3) is 3.71. The Hall–Kier alpha value is -2.04. The van der Waals surface area contributed by atoms with Crippen molar-refractivity contribution in [2.24, 2.45) is 5.92 Å². The van der Waals surface area contributed by atoms with Crippen LogP contribution < -0.4 is 10.1 Å². The van der Waals surface area contributed by atoms with Gasteiger partial charge in [-0.3, -0.25) is 9.59 Å². The minimum atomic E-state index is -0.468. The summed E-state index contributed by atoms with van der Waals surface area (Å²) in [6, 6.07) is 7.87. The summed E-state index contributed by atoms with van der Waals surface area (Å²) in [5, 5.41) is 3.07. The molecule has 3 unspecified atom stereocenters. The van der Waals surface area contributed by atoms with Gasteiger partial charge in [0.25, 0.3) is 5.91 Å². The number of fused-ring (bicyclic) bond motifs is 1. The van der Waals surface area contributed by atoms with Gasteiger partial charge in [-0.15, -0.1) is 0 Å². The van der Waals surface area contributed by atoms with E-state index in [-0.39, 0.29) is 17.9 Å². The number of rotatable bonds is 4. The highest BCUT2D eigenvalue weighted by atomic mass is 16.5. The van der Waals surface area contributed by atoms with Gasteiger partial charge in [0.15, 0.2) is 6.10 Å². The average molecular weight is 330 g/mol. The van der Waals surface area contributed by atoms with Crippen molar-refractivity contribution < 1.29 is 14.3 Å². The molecule has 0 aromatic heterocycles. The number of hydrogen-bond acceptors (Lipinski definition) is 3. The van der Waals surface area contributed by atoms with E-state index in [9.17, 15) is 9.59 Å². The fourth-order valence-electron chi connectivity index (χ4n) is 3.68. The first-order valence-corrected chi connectivity index (χ1v) is 8.88. The summed E-state index contributed by atoms with van der Waals surface area (Å²) in [6.07, 6.45) is 2.68. The molecule has 0 bridgehead atoms. The van der Waals surface area contributed by atoms with Gasteiger partial charge < -0.3 is 15.0 Å². The number of carbonyl (C=O) groups is 2. The molecular formula is C19H26N2O3. The lowest BCUT2D eigenvalue weighted by molar-refractivity contribution is -0.138. The van der Waals surface area contributed by atoms with Crippen molar-refractivity contribution in [2.75, 3.05) is 13.1 Å². The molecule has 0 saturated carbocycles. The van der Waals surface area contributed by atoms with E-state index >= 15 is 0 Å². The predicted octanol–water partition coefficient (Wildman–Crippen LogP) is 2.28. The maximum atomic E-state index is 12.9. The Morgan fingerprint density at radius 3 is 3.00 bits per heavy atom. The molecule has 2 aliphatic heterocycles. The molecule has 2 heterocycles. The number of nitrogens with one attached hydrogen (secondary N) is 1. The third-order valence-corrected chi connectivity index (χ3v) is 4.99. The van der Waals surface area contributed by atoms with E-state index in [4.69, 9.17) is 4.74 Å².